The third kappa shape index (κ3) is 2.64. The molecule has 0 aromatic heterocycles. The van der Waals surface area contributed by atoms with Crippen molar-refractivity contribution < 1.29 is 34.4 Å². The second kappa shape index (κ2) is 7.44. The highest BCUT2D eigenvalue weighted by atomic mass is 35.5. The zero-order valence-corrected chi connectivity index (χ0v) is 22.2. The minimum atomic E-state index is -1.68. The zero-order chi connectivity index (χ0) is 26.1. The van der Waals surface area contributed by atoms with Gasteiger partial charge in [-0.1, -0.05) is 25.5 Å². The number of carbonyl (C=O) groups is 2. The van der Waals surface area contributed by atoms with Crippen LogP contribution in [0.5, 0.6) is 0 Å². The number of allylic oxidation sites excluding steroid dienone is 2. The van der Waals surface area contributed by atoms with Crippen LogP contribution >= 0.6 is 11.6 Å². The molecule has 198 valence electrons. The van der Waals surface area contributed by atoms with Crippen LogP contribution in [0.4, 0.5) is 0 Å². The number of hydrogen-bond acceptors (Lipinski definition) is 7. The maximum atomic E-state index is 13.4. The van der Waals surface area contributed by atoms with Gasteiger partial charge in [0.25, 0.3) is 0 Å². The molecule has 1 saturated heterocycles. The average Bonchev–Trinajstić information content (AvgIpc) is 3.09. The summed E-state index contributed by atoms with van der Waals surface area (Å²) < 4.78 is 12.1. The second-order valence-electron chi connectivity index (χ2n) is 12.8. The Hall–Kier alpha value is -1.25. The first-order chi connectivity index (χ1) is 16.7. The van der Waals surface area contributed by atoms with Crippen molar-refractivity contribution in [3.63, 3.8) is 0 Å². The number of alkyl halides is 1. The van der Waals surface area contributed by atoms with Crippen molar-refractivity contribution >= 4 is 23.4 Å². The lowest BCUT2D eigenvalue weighted by Gasteiger charge is -2.69. The van der Waals surface area contributed by atoms with E-state index in [0.717, 1.165) is 5.57 Å². The summed E-state index contributed by atoms with van der Waals surface area (Å²) in [5.41, 5.74) is -1.92. The number of rotatable bonds is 1. The van der Waals surface area contributed by atoms with E-state index in [2.05, 4.69) is 0 Å². The number of carbonyl (C=O) groups excluding carboxylic acids is 2. The SMILES string of the molecule is CC1=C(C)C(=O)O[C@@H]([C@H]2CO[C@@]3(O)CC4C(C[C@@H](O)[C@@]5(Cl)CC=CC(=O)[C@]45C)C4CC[C@]2(O)[C@]43C)C1. The van der Waals surface area contributed by atoms with Crippen molar-refractivity contribution in [1.82, 2.24) is 0 Å². The fraction of sp³-hybridized carbons (Fsp3) is 0.786. The highest BCUT2D eigenvalue weighted by molar-refractivity contribution is 6.28. The van der Waals surface area contributed by atoms with E-state index in [1.54, 1.807) is 19.1 Å². The van der Waals surface area contributed by atoms with Gasteiger partial charge in [-0.3, -0.25) is 4.79 Å². The van der Waals surface area contributed by atoms with Crippen molar-refractivity contribution in [2.24, 2.45) is 34.5 Å². The highest BCUT2D eigenvalue weighted by Gasteiger charge is 2.80. The third-order valence-electron chi connectivity index (χ3n) is 11.9. The maximum absolute atomic E-state index is 13.4. The predicted molar refractivity (Wildman–Crippen MR) is 131 cm³/mol. The van der Waals surface area contributed by atoms with Crippen molar-refractivity contribution in [2.45, 2.75) is 94.7 Å². The molecule has 0 bridgehead atoms. The first kappa shape index (κ1) is 25.1. The molecule has 0 amide bonds. The molecule has 2 aliphatic heterocycles. The van der Waals surface area contributed by atoms with Crippen LogP contribution in [-0.2, 0) is 19.1 Å². The molecule has 0 spiro atoms. The van der Waals surface area contributed by atoms with Crippen molar-refractivity contribution in [3.05, 3.63) is 23.3 Å². The molecule has 4 aliphatic carbocycles. The van der Waals surface area contributed by atoms with Gasteiger partial charge in [-0.25, -0.2) is 4.79 Å². The summed E-state index contributed by atoms with van der Waals surface area (Å²) in [6.45, 7) is 7.45. The number of hydrogen-bond donors (Lipinski definition) is 3. The normalized spacial score (nSPS) is 56.1. The summed E-state index contributed by atoms with van der Waals surface area (Å²) in [6.07, 6.45) is 4.37. The Morgan fingerprint density at radius 1 is 1.11 bits per heavy atom. The number of esters is 1. The van der Waals surface area contributed by atoms with Gasteiger partial charge in [0.1, 0.15) is 6.10 Å². The molecule has 11 atom stereocenters. The molecule has 0 radical (unpaired) electrons. The number of fused-ring (bicyclic) bond motifs is 4. The number of ether oxygens (including phenoxy) is 2. The van der Waals surface area contributed by atoms with Crippen LogP contribution < -0.4 is 0 Å². The first-order valence-corrected chi connectivity index (χ1v) is 13.7. The molecule has 6 aliphatic rings. The molecule has 0 aromatic carbocycles. The quantitative estimate of drug-likeness (QED) is 0.360. The fourth-order valence-electron chi connectivity index (χ4n) is 9.44. The van der Waals surface area contributed by atoms with E-state index in [1.165, 1.54) is 0 Å². The molecule has 3 saturated carbocycles. The maximum Gasteiger partial charge on any atom is 0.333 e. The van der Waals surface area contributed by atoms with Gasteiger partial charge in [0.05, 0.1) is 34.0 Å². The highest BCUT2D eigenvalue weighted by Crippen LogP contribution is 2.74. The first-order valence-electron chi connectivity index (χ1n) is 13.3. The van der Waals surface area contributed by atoms with Crippen LogP contribution in [0.3, 0.4) is 0 Å². The second-order valence-corrected chi connectivity index (χ2v) is 13.5. The zero-order valence-electron chi connectivity index (χ0n) is 21.4. The lowest BCUT2D eigenvalue weighted by atomic mass is 9.41. The van der Waals surface area contributed by atoms with Crippen LogP contribution in [0.15, 0.2) is 23.3 Å². The number of halogens is 1. The number of aliphatic hydroxyl groups is 3. The monoisotopic (exact) mass is 520 g/mol. The molecule has 0 aromatic rings. The molecule has 3 N–H and O–H groups in total. The minimum Gasteiger partial charge on any atom is -0.458 e. The van der Waals surface area contributed by atoms with Crippen molar-refractivity contribution in [1.29, 1.82) is 0 Å². The molecular weight excluding hydrogens is 484 g/mol. The smallest absolute Gasteiger partial charge is 0.333 e. The Morgan fingerprint density at radius 2 is 1.83 bits per heavy atom. The molecule has 6 rings (SSSR count). The van der Waals surface area contributed by atoms with Gasteiger partial charge in [0.15, 0.2) is 11.6 Å². The van der Waals surface area contributed by atoms with E-state index in [9.17, 15) is 24.9 Å². The molecule has 2 heterocycles. The lowest BCUT2D eigenvalue weighted by molar-refractivity contribution is -0.399. The summed E-state index contributed by atoms with van der Waals surface area (Å²) in [5, 5.41) is 36.0. The summed E-state index contributed by atoms with van der Waals surface area (Å²) in [6, 6.07) is 0. The molecule has 4 fully saturated rings. The molecule has 3 unspecified atom stereocenters. The number of ketones is 1. The molecular formula is C28H37ClO7. The standard InChI is InChI=1S/C28H37ClO7/c1-14-10-20(36-23(32)15(14)2)19-13-35-28(34)12-18-16(17-7-9-27(19,33)25(17,28)4)11-22(31)26(29)8-5-6-21(30)24(18,26)3/h5-6,16-20,22,31,33-34H,7-13H2,1-4H3/t16?,17?,18?,19-,20-,22-,24+,25+,26+,27-,28+/m1/s1. The van der Waals surface area contributed by atoms with Crippen molar-refractivity contribution in [2.75, 3.05) is 6.61 Å². The molecule has 36 heavy (non-hydrogen) atoms. The average molecular weight is 521 g/mol. The van der Waals surface area contributed by atoms with Crippen LogP contribution in [0.1, 0.15) is 66.2 Å². The predicted octanol–water partition coefficient (Wildman–Crippen LogP) is 3.03. The summed E-state index contributed by atoms with van der Waals surface area (Å²) >= 11 is 7.08. The molecule has 7 nitrogen and oxygen atoms in total. The van der Waals surface area contributed by atoms with Crippen LogP contribution in [0, 0.1) is 34.5 Å². The molecule has 8 heteroatoms. The lowest BCUT2D eigenvalue weighted by Crippen LogP contribution is -2.77. The Labute approximate surface area is 216 Å². The Kier molecular flexibility index (Phi) is 5.18. The van der Waals surface area contributed by atoms with Crippen molar-refractivity contribution in [3.8, 4) is 0 Å². The van der Waals surface area contributed by atoms with Gasteiger partial charge >= 0.3 is 5.97 Å². The fourth-order valence-corrected chi connectivity index (χ4v) is 9.86. The van der Waals surface area contributed by atoms with Gasteiger partial charge in [-0.05, 0) is 63.4 Å². The van der Waals surface area contributed by atoms with Gasteiger partial charge in [-0.2, -0.15) is 0 Å². The topological polar surface area (TPSA) is 113 Å². The Bertz CT molecular complexity index is 1100. The summed E-state index contributed by atoms with van der Waals surface area (Å²) in [4.78, 5) is 24.8. The van der Waals surface area contributed by atoms with E-state index < -0.39 is 45.2 Å². The van der Waals surface area contributed by atoms with E-state index in [0.29, 0.717) is 37.7 Å². The van der Waals surface area contributed by atoms with Crippen LogP contribution in [0.25, 0.3) is 0 Å². The summed E-state index contributed by atoms with van der Waals surface area (Å²) in [7, 11) is 0. The van der Waals surface area contributed by atoms with Gasteiger partial charge in [-0.15, -0.1) is 11.6 Å². The van der Waals surface area contributed by atoms with Gasteiger partial charge in [0.2, 0.25) is 0 Å². The number of aliphatic hydroxyl groups excluding tert-OH is 1. The Balaban J connectivity index is 1.42. The van der Waals surface area contributed by atoms with Crippen LogP contribution in [-0.4, -0.2) is 62.1 Å². The van der Waals surface area contributed by atoms with Gasteiger partial charge < -0.3 is 24.8 Å². The third-order valence-corrected chi connectivity index (χ3v) is 12.7. The largest absolute Gasteiger partial charge is 0.458 e. The van der Waals surface area contributed by atoms with Gasteiger partial charge in [0, 0.05) is 24.3 Å². The van der Waals surface area contributed by atoms with E-state index >= 15 is 0 Å². The Morgan fingerprint density at radius 3 is 2.53 bits per heavy atom. The van der Waals surface area contributed by atoms with E-state index in [1.807, 2.05) is 20.8 Å². The van der Waals surface area contributed by atoms with E-state index in [4.69, 9.17) is 21.1 Å². The van der Waals surface area contributed by atoms with Crippen LogP contribution in [0.2, 0.25) is 0 Å². The minimum absolute atomic E-state index is 0.0518. The van der Waals surface area contributed by atoms with E-state index in [-0.39, 0.29) is 42.5 Å². The summed E-state index contributed by atoms with van der Waals surface area (Å²) in [5.74, 6) is -3.29. The number of cyclic esters (lactones) is 1.